The fraction of sp³-hybridized carbons (Fsp3) is 0.526. The van der Waals surface area contributed by atoms with Crippen molar-refractivity contribution in [3.8, 4) is 0 Å². The maximum absolute atomic E-state index is 13.5. The summed E-state index contributed by atoms with van der Waals surface area (Å²) in [6.45, 7) is 6.51. The Balaban J connectivity index is 0.000000252. The van der Waals surface area contributed by atoms with Gasteiger partial charge in [0.25, 0.3) is 0 Å². The molecule has 4 saturated heterocycles. The predicted octanol–water partition coefficient (Wildman–Crippen LogP) is 1.87. The molecule has 5 unspecified atom stereocenters. The fourth-order valence-electron chi connectivity index (χ4n) is 6.87. The molecule has 4 fully saturated rings. The molecule has 6 rings (SSSR count). The Morgan fingerprint density at radius 1 is 0.833 bits per heavy atom. The normalized spacial score (nSPS) is 24.6. The Kier molecular flexibility index (Phi) is 15.3. The molecule has 4 aliphatic heterocycles. The molecule has 0 spiro atoms. The van der Waals surface area contributed by atoms with Crippen molar-refractivity contribution >= 4 is 47.2 Å². The lowest BCUT2D eigenvalue weighted by Gasteiger charge is -2.38. The van der Waals surface area contributed by atoms with Crippen LogP contribution in [0.5, 0.6) is 0 Å². The van der Waals surface area contributed by atoms with Crippen LogP contribution in [-0.4, -0.2) is 118 Å². The molecular weight excluding hydrogens is 696 g/mol. The first-order valence-corrected chi connectivity index (χ1v) is 18.5. The molecule has 292 valence electrons. The van der Waals surface area contributed by atoms with Crippen LogP contribution in [0.4, 0.5) is 10.5 Å². The molecule has 54 heavy (non-hydrogen) atoms. The number of hydrogen-bond donors (Lipinski definition) is 4. The van der Waals surface area contributed by atoms with Crippen LogP contribution in [0.15, 0.2) is 54.9 Å². The first-order chi connectivity index (χ1) is 25.8. The van der Waals surface area contributed by atoms with E-state index in [2.05, 4.69) is 40.0 Å². The van der Waals surface area contributed by atoms with Crippen LogP contribution in [0.3, 0.4) is 0 Å². The highest BCUT2D eigenvalue weighted by atomic mass is 16.5. The first kappa shape index (κ1) is 41.2. The minimum absolute atomic E-state index is 0.0174. The second kappa shape index (κ2) is 20.1. The van der Waals surface area contributed by atoms with Gasteiger partial charge in [-0.15, -0.1) is 0 Å². The van der Waals surface area contributed by atoms with Crippen LogP contribution in [0.2, 0.25) is 0 Å². The number of carbonyl (C=O) groups is 7. The van der Waals surface area contributed by atoms with E-state index in [-0.39, 0.29) is 36.6 Å². The van der Waals surface area contributed by atoms with Gasteiger partial charge in [0.15, 0.2) is 0 Å². The maximum Gasteiger partial charge on any atom is 0.329 e. The smallest absolute Gasteiger partial charge is 0.329 e. The molecule has 0 saturated carbocycles. The molecule has 5 N–H and O–H groups in total. The summed E-state index contributed by atoms with van der Waals surface area (Å²) >= 11 is 0. The van der Waals surface area contributed by atoms with Crippen molar-refractivity contribution in [2.75, 3.05) is 31.5 Å². The second-order valence-corrected chi connectivity index (χ2v) is 13.8. The number of primary amides is 1. The zero-order valence-corrected chi connectivity index (χ0v) is 31.2. The summed E-state index contributed by atoms with van der Waals surface area (Å²) in [5.41, 5.74) is 6.71. The van der Waals surface area contributed by atoms with E-state index in [0.29, 0.717) is 57.4 Å². The van der Waals surface area contributed by atoms with Gasteiger partial charge in [0.2, 0.25) is 29.5 Å². The van der Waals surface area contributed by atoms with Crippen molar-refractivity contribution in [3.05, 3.63) is 60.4 Å². The number of esters is 1. The van der Waals surface area contributed by atoms with Crippen LogP contribution in [-0.2, 0) is 33.5 Å². The molecule has 16 heteroatoms. The van der Waals surface area contributed by atoms with Gasteiger partial charge in [-0.05, 0) is 77.8 Å². The highest BCUT2D eigenvalue weighted by molar-refractivity contribution is 5.96. The fourth-order valence-corrected chi connectivity index (χ4v) is 6.87. The number of fused-ring (bicyclic) bond motifs is 3. The Morgan fingerprint density at radius 2 is 1.48 bits per heavy atom. The van der Waals surface area contributed by atoms with Crippen LogP contribution < -0.4 is 21.7 Å². The molecule has 0 radical (unpaired) electrons. The average Bonchev–Trinajstić information content (AvgIpc) is 3.86. The number of piperidine rings is 1. The van der Waals surface area contributed by atoms with Crippen molar-refractivity contribution in [2.45, 2.75) is 102 Å². The number of rotatable bonds is 3. The predicted molar refractivity (Wildman–Crippen MR) is 198 cm³/mol. The van der Waals surface area contributed by atoms with E-state index in [9.17, 15) is 33.6 Å². The van der Waals surface area contributed by atoms with E-state index < -0.39 is 48.2 Å². The number of amides is 7. The highest BCUT2D eigenvalue weighted by Crippen LogP contribution is 2.27. The first-order valence-electron chi connectivity index (χ1n) is 18.5. The molecule has 16 nitrogen and oxygen atoms in total. The van der Waals surface area contributed by atoms with Gasteiger partial charge < -0.3 is 41.1 Å². The van der Waals surface area contributed by atoms with Crippen molar-refractivity contribution in [2.24, 2.45) is 5.73 Å². The quantitative estimate of drug-likeness (QED) is 0.337. The number of benzene rings is 1. The molecule has 7 amide bonds. The average molecular weight is 749 g/mol. The molecule has 5 atom stereocenters. The van der Waals surface area contributed by atoms with Crippen LogP contribution in [0, 0.1) is 6.92 Å². The van der Waals surface area contributed by atoms with Crippen LogP contribution in [0.1, 0.15) is 70.8 Å². The molecular formula is C38H52N8O8. The summed E-state index contributed by atoms with van der Waals surface area (Å²) in [6, 6.07) is 10.3. The van der Waals surface area contributed by atoms with Gasteiger partial charge >= 0.3 is 12.0 Å². The van der Waals surface area contributed by atoms with Crippen molar-refractivity contribution in [1.29, 1.82) is 0 Å². The van der Waals surface area contributed by atoms with Gasteiger partial charge in [-0.3, -0.25) is 29.0 Å². The van der Waals surface area contributed by atoms with Crippen LogP contribution in [0.25, 0.3) is 0 Å². The third kappa shape index (κ3) is 11.7. The number of pyridine rings is 1. The Labute approximate surface area is 315 Å². The second-order valence-electron chi connectivity index (χ2n) is 13.8. The van der Waals surface area contributed by atoms with E-state index in [4.69, 9.17) is 10.5 Å². The molecule has 5 heterocycles. The zero-order valence-electron chi connectivity index (χ0n) is 31.2. The van der Waals surface area contributed by atoms with Gasteiger partial charge in [-0.1, -0.05) is 35.9 Å². The third-order valence-electron chi connectivity index (χ3n) is 9.55. The minimum atomic E-state index is -0.820. The number of nitrogens with zero attached hydrogens (tertiary/aromatic N) is 4. The van der Waals surface area contributed by atoms with Crippen LogP contribution >= 0.6 is 0 Å². The largest absolute Gasteiger partial charge is 0.461 e. The lowest BCUT2D eigenvalue weighted by molar-refractivity contribution is -0.160. The number of cyclic esters (lactones) is 1. The standard InChI is InChI=1S/C23H34N4O6.C8H10N4O2.C7H8/c1-14-13-19(28)25-11-5-8-17(25)22(31)26-10-4-3-7-16(26)20(29)24-15(2)21(30)27-12-6-9-18(27)23(32)33-14;9-7(13)5-11-8(14)12-6-2-1-3-10-4-6;1-7-5-3-2-4-6-7/h14-18H,3-13H2,1-2H3,(H,24,29);1-4H,5H2,(H2,9,13)(H2,11,12,14);2-6H,1H3. The number of aromatic nitrogens is 1. The maximum atomic E-state index is 13.5. The van der Waals surface area contributed by atoms with Gasteiger partial charge in [-0.2, -0.15) is 0 Å². The van der Waals surface area contributed by atoms with E-state index in [0.717, 1.165) is 12.8 Å². The van der Waals surface area contributed by atoms with Gasteiger partial charge in [-0.25, -0.2) is 9.59 Å². The van der Waals surface area contributed by atoms with Gasteiger partial charge in [0, 0.05) is 25.8 Å². The molecule has 0 aliphatic carbocycles. The summed E-state index contributed by atoms with van der Waals surface area (Å²) in [7, 11) is 0. The lowest BCUT2D eigenvalue weighted by atomic mass is 9.99. The van der Waals surface area contributed by atoms with E-state index in [1.807, 2.05) is 18.2 Å². The Hall–Kier alpha value is -5.54. The summed E-state index contributed by atoms with van der Waals surface area (Å²) < 4.78 is 5.54. The van der Waals surface area contributed by atoms with E-state index in [1.54, 1.807) is 42.0 Å². The monoisotopic (exact) mass is 748 g/mol. The third-order valence-corrected chi connectivity index (χ3v) is 9.55. The minimum Gasteiger partial charge on any atom is -0.461 e. The van der Waals surface area contributed by atoms with E-state index >= 15 is 0 Å². The zero-order chi connectivity index (χ0) is 39.2. The van der Waals surface area contributed by atoms with Crippen molar-refractivity contribution in [1.82, 2.24) is 30.3 Å². The van der Waals surface area contributed by atoms with Gasteiger partial charge in [0.1, 0.15) is 30.3 Å². The molecule has 1 aromatic heterocycles. The number of aryl methyl sites for hydroxylation is 1. The number of hydrogen-bond acceptors (Lipinski definition) is 9. The Morgan fingerprint density at radius 3 is 2.13 bits per heavy atom. The summed E-state index contributed by atoms with van der Waals surface area (Å²) in [5.74, 6) is -2.26. The Bertz CT molecular complexity index is 1630. The molecule has 4 aliphatic rings. The summed E-state index contributed by atoms with van der Waals surface area (Å²) in [6.07, 6.45) is 6.96. The highest BCUT2D eigenvalue weighted by Gasteiger charge is 2.43. The number of nitrogens with one attached hydrogen (secondary N) is 3. The summed E-state index contributed by atoms with van der Waals surface area (Å²) in [5, 5.41) is 7.53. The van der Waals surface area contributed by atoms with Gasteiger partial charge in [0.05, 0.1) is 24.8 Å². The lowest BCUT2D eigenvalue weighted by Crippen LogP contribution is -2.59. The number of nitrogens with two attached hydrogens (primary N) is 1. The molecule has 1 aromatic carbocycles. The number of ether oxygens (including phenoxy) is 1. The number of urea groups is 1. The SMILES string of the molecule is CC1CC(=O)N2CCCC2C(=O)N2CCCCC2C(=O)NC(C)C(=O)N2CCCC2C(=O)O1.Cc1ccccc1.NC(=O)CNC(=O)Nc1cccnc1. The number of anilines is 1. The van der Waals surface area contributed by atoms with E-state index in [1.165, 1.54) is 16.7 Å². The topological polar surface area (TPSA) is 213 Å². The number of carbonyl (C=O) groups excluding carboxylic acids is 7. The molecule has 2 aromatic rings. The van der Waals surface area contributed by atoms with Crippen molar-refractivity contribution < 1.29 is 38.3 Å². The molecule has 0 bridgehead atoms. The summed E-state index contributed by atoms with van der Waals surface area (Å²) in [4.78, 5) is 95.3. The van der Waals surface area contributed by atoms with Crippen molar-refractivity contribution in [3.63, 3.8) is 0 Å².